The molecule has 1 aromatic heterocycles. The first kappa shape index (κ1) is 14.5. The molecular weight excluding hydrogens is 257 g/mol. The van der Waals surface area contributed by atoms with Crippen LogP contribution in [0.1, 0.15) is 24.6 Å². The van der Waals surface area contributed by atoms with Crippen LogP contribution in [0.4, 0.5) is 4.39 Å². The summed E-state index contributed by atoms with van der Waals surface area (Å²) in [5.74, 6) is 0.335. The predicted octanol–water partition coefficient (Wildman–Crippen LogP) is 3.07. The third-order valence-electron chi connectivity index (χ3n) is 3.42. The standard InChI is InChI=1S/C16H18FNO2/c1-3-16(19,15-8-7-13(17)11-18-15)10-12-5-4-6-14(9-12)20-2/h4-9,11,19H,3,10H2,1-2H3. The summed E-state index contributed by atoms with van der Waals surface area (Å²) in [5, 5.41) is 10.8. The molecule has 2 rings (SSSR count). The number of nitrogens with zero attached hydrogens (tertiary/aromatic N) is 1. The fourth-order valence-electron chi connectivity index (χ4n) is 2.17. The van der Waals surface area contributed by atoms with Crippen molar-refractivity contribution in [3.05, 3.63) is 59.7 Å². The molecule has 0 aliphatic heterocycles. The molecule has 0 bridgehead atoms. The molecule has 0 aliphatic rings. The zero-order valence-corrected chi connectivity index (χ0v) is 11.6. The Labute approximate surface area is 118 Å². The Morgan fingerprint density at radius 3 is 2.70 bits per heavy atom. The number of benzene rings is 1. The molecule has 1 aromatic carbocycles. The Balaban J connectivity index is 2.28. The van der Waals surface area contributed by atoms with Crippen molar-refractivity contribution in [2.24, 2.45) is 0 Å². The number of aromatic nitrogens is 1. The second-order valence-corrected chi connectivity index (χ2v) is 4.78. The van der Waals surface area contributed by atoms with Crippen LogP contribution in [-0.2, 0) is 12.0 Å². The van der Waals surface area contributed by atoms with Gasteiger partial charge in [-0.2, -0.15) is 0 Å². The van der Waals surface area contributed by atoms with Gasteiger partial charge in [0.15, 0.2) is 0 Å². The van der Waals surface area contributed by atoms with E-state index >= 15 is 0 Å². The Hall–Kier alpha value is -1.94. The normalized spacial score (nSPS) is 13.8. The van der Waals surface area contributed by atoms with E-state index in [4.69, 9.17) is 4.74 Å². The molecule has 20 heavy (non-hydrogen) atoms. The fraction of sp³-hybridized carbons (Fsp3) is 0.312. The van der Waals surface area contributed by atoms with E-state index in [-0.39, 0.29) is 0 Å². The second-order valence-electron chi connectivity index (χ2n) is 4.78. The van der Waals surface area contributed by atoms with Crippen molar-refractivity contribution in [1.82, 2.24) is 4.98 Å². The first-order valence-electron chi connectivity index (χ1n) is 6.55. The second kappa shape index (κ2) is 6.01. The number of hydrogen-bond donors (Lipinski definition) is 1. The van der Waals surface area contributed by atoms with Crippen LogP contribution in [0.25, 0.3) is 0 Å². The maximum atomic E-state index is 12.9. The highest BCUT2D eigenvalue weighted by Gasteiger charge is 2.29. The highest BCUT2D eigenvalue weighted by Crippen LogP contribution is 2.29. The minimum absolute atomic E-state index is 0.402. The van der Waals surface area contributed by atoms with Crippen molar-refractivity contribution < 1.29 is 14.2 Å². The van der Waals surface area contributed by atoms with Crippen molar-refractivity contribution in [1.29, 1.82) is 0 Å². The van der Waals surface area contributed by atoms with Gasteiger partial charge in [-0.15, -0.1) is 0 Å². The summed E-state index contributed by atoms with van der Waals surface area (Å²) < 4.78 is 18.1. The monoisotopic (exact) mass is 275 g/mol. The van der Waals surface area contributed by atoms with E-state index in [1.807, 2.05) is 31.2 Å². The van der Waals surface area contributed by atoms with Crippen molar-refractivity contribution in [2.45, 2.75) is 25.4 Å². The average Bonchev–Trinajstić information content (AvgIpc) is 2.48. The Kier molecular flexibility index (Phi) is 4.35. The summed E-state index contributed by atoms with van der Waals surface area (Å²) >= 11 is 0. The van der Waals surface area contributed by atoms with E-state index in [1.54, 1.807) is 7.11 Å². The molecule has 106 valence electrons. The quantitative estimate of drug-likeness (QED) is 0.912. The summed E-state index contributed by atoms with van der Waals surface area (Å²) in [7, 11) is 1.60. The highest BCUT2D eigenvalue weighted by molar-refractivity contribution is 5.30. The number of methoxy groups -OCH3 is 1. The summed E-state index contributed by atoms with van der Waals surface area (Å²) in [6.45, 7) is 1.88. The average molecular weight is 275 g/mol. The zero-order valence-electron chi connectivity index (χ0n) is 11.6. The maximum absolute atomic E-state index is 12.9. The van der Waals surface area contributed by atoms with Crippen molar-refractivity contribution in [3.8, 4) is 5.75 Å². The molecule has 0 spiro atoms. The summed E-state index contributed by atoms with van der Waals surface area (Å²) in [4.78, 5) is 4.00. The molecule has 3 nitrogen and oxygen atoms in total. The largest absolute Gasteiger partial charge is 0.497 e. The van der Waals surface area contributed by atoms with Gasteiger partial charge in [0.05, 0.1) is 19.0 Å². The molecule has 0 aliphatic carbocycles. The zero-order chi connectivity index (χ0) is 14.6. The summed E-state index contributed by atoms with van der Waals surface area (Å²) in [5.41, 5.74) is 0.309. The molecular formula is C16H18FNO2. The predicted molar refractivity (Wildman–Crippen MR) is 75.1 cm³/mol. The third-order valence-corrected chi connectivity index (χ3v) is 3.42. The minimum Gasteiger partial charge on any atom is -0.497 e. The van der Waals surface area contributed by atoms with Crippen molar-refractivity contribution >= 4 is 0 Å². The van der Waals surface area contributed by atoms with E-state index in [0.717, 1.165) is 17.5 Å². The van der Waals surface area contributed by atoms with Gasteiger partial charge in [-0.05, 0) is 36.2 Å². The van der Waals surface area contributed by atoms with E-state index in [1.165, 1.54) is 12.1 Å². The van der Waals surface area contributed by atoms with E-state index in [2.05, 4.69) is 4.98 Å². The Morgan fingerprint density at radius 2 is 2.10 bits per heavy atom. The lowest BCUT2D eigenvalue weighted by atomic mass is 9.88. The number of pyridine rings is 1. The highest BCUT2D eigenvalue weighted by atomic mass is 19.1. The molecule has 1 heterocycles. The van der Waals surface area contributed by atoms with Crippen LogP contribution < -0.4 is 4.74 Å². The van der Waals surface area contributed by atoms with Crippen LogP contribution >= 0.6 is 0 Å². The maximum Gasteiger partial charge on any atom is 0.141 e. The fourth-order valence-corrected chi connectivity index (χ4v) is 2.17. The smallest absolute Gasteiger partial charge is 0.141 e. The van der Waals surface area contributed by atoms with Gasteiger partial charge in [-0.25, -0.2) is 4.39 Å². The molecule has 0 amide bonds. The van der Waals surface area contributed by atoms with Crippen LogP contribution in [0, 0.1) is 5.82 Å². The Bertz CT molecular complexity index is 571. The summed E-state index contributed by atoms with van der Waals surface area (Å²) in [6.07, 6.45) is 2.02. The van der Waals surface area contributed by atoms with Gasteiger partial charge >= 0.3 is 0 Å². The molecule has 0 radical (unpaired) electrons. The van der Waals surface area contributed by atoms with Crippen molar-refractivity contribution in [3.63, 3.8) is 0 Å². The van der Waals surface area contributed by atoms with Crippen LogP contribution in [0.3, 0.4) is 0 Å². The van der Waals surface area contributed by atoms with Gasteiger partial charge in [-0.3, -0.25) is 4.98 Å². The van der Waals surface area contributed by atoms with E-state index in [0.29, 0.717) is 18.5 Å². The number of ether oxygens (including phenoxy) is 1. The molecule has 1 atom stereocenters. The van der Waals surface area contributed by atoms with Crippen LogP contribution in [0.5, 0.6) is 5.75 Å². The lowest BCUT2D eigenvalue weighted by Crippen LogP contribution is -2.29. The molecule has 4 heteroatoms. The van der Waals surface area contributed by atoms with Crippen LogP contribution in [0.15, 0.2) is 42.6 Å². The molecule has 1 unspecified atom stereocenters. The minimum atomic E-state index is -1.11. The molecule has 0 saturated heterocycles. The van der Waals surface area contributed by atoms with Gasteiger partial charge < -0.3 is 9.84 Å². The van der Waals surface area contributed by atoms with Gasteiger partial charge in [0.1, 0.15) is 17.2 Å². The van der Waals surface area contributed by atoms with Gasteiger partial charge in [0, 0.05) is 6.42 Å². The number of rotatable bonds is 5. The van der Waals surface area contributed by atoms with Gasteiger partial charge in [-0.1, -0.05) is 19.1 Å². The molecule has 2 aromatic rings. The summed E-state index contributed by atoms with van der Waals surface area (Å²) in [6, 6.07) is 10.4. The topological polar surface area (TPSA) is 42.4 Å². The van der Waals surface area contributed by atoms with Gasteiger partial charge in [0.2, 0.25) is 0 Å². The lowest BCUT2D eigenvalue weighted by molar-refractivity contribution is 0.0282. The van der Waals surface area contributed by atoms with Crippen LogP contribution in [-0.4, -0.2) is 17.2 Å². The van der Waals surface area contributed by atoms with Gasteiger partial charge in [0.25, 0.3) is 0 Å². The first-order valence-corrected chi connectivity index (χ1v) is 6.55. The number of hydrogen-bond acceptors (Lipinski definition) is 3. The SMILES string of the molecule is CCC(O)(Cc1cccc(OC)c1)c1ccc(F)cn1. The van der Waals surface area contributed by atoms with Crippen molar-refractivity contribution in [2.75, 3.05) is 7.11 Å². The molecule has 0 fully saturated rings. The Morgan fingerprint density at radius 1 is 1.30 bits per heavy atom. The third kappa shape index (κ3) is 3.14. The number of halogens is 1. The van der Waals surface area contributed by atoms with Crippen LogP contribution in [0.2, 0.25) is 0 Å². The molecule has 1 N–H and O–H groups in total. The lowest BCUT2D eigenvalue weighted by Gasteiger charge is -2.26. The first-order chi connectivity index (χ1) is 9.57. The van der Waals surface area contributed by atoms with E-state index < -0.39 is 11.4 Å². The number of aliphatic hydroxyl groups is 1. The molecule has 0 saturated carbocycles. The van der Waals surface area contributed by atoms with E-state index in [9.17, 15) is 9.50 Å².